The third-order valence-electron chi connectivity index (χ3n) is 10.2. The molecule has 2 atom stereocenters. The van der Waals surface area contributed by atoms with Crippen LogP contribution in [0.15, 0.2) is 59.7 Å². The molecule has 3 aromatic heterocycles. The Kier molecular flexibility index (Phi) is 14.7. The maximum Gasteiger partial charge on any atom is 0.423 e. The first kappa shape index (κ1) is 47.0. The van der Waals surface area contributed by atoms with Gasteiger partial charge < -0.3 is 37.3 Å². The molecule has 0 radical (unpaired) electrons. The predicted octanol–water partition coefficient (Wildman–Crippen LogP) is 0.693. The van der Waals surface area contributed by atoms with E-state index in [2.05, 4.69) is 46.2 Å². The number of carboxylic acids is 1. The van der Waals surface area contributed by atoms with E-state index in [1.807, 2.05) is 0 Å². The van der Waals surface area contributed by atoms with Crippen molar-refractivity contribution in [2.24, 2.45) is 0 Å². The molecule has 0 spiro atoms. The molecule has 5 aromatic rings. The molecule has 9 N–H and O–H groups in total. The molecule has 0 bridgehead atoms. The van der Waals surface area contributed by atoms with E-state index >= 15 is 0 Å². The van der Waals surface area contributed by atoms with Gasteiger partial charge in [-0.2, -0.15) is 9.88 Å². The summed E-state index contributed by atoms with van der Waals surface area (Å²) < 4.78 is 6.73. The fourth-order valence-electron chi connectivity index (χ4n) is 6.86. The SMILES string of the molecule is Nc1nc2ncc(CNc3ccc(C(=O)N[C@@H](CCC(=O)NCc4cn(CCSSCCOC(=O)N5C(=O)CCC(N6C(=O)c7cccc(N)c7C6=O)C5=O)nn4)C(=O)O)cc3)nc2c(=O)[nH]1. The minimum atomic E-state index is -1.38. The first-order valence-corrected chi connectivity index (χ1v) is 22.8. The Bertz CT molecular complexity index is 2840. The number of rotatable bonds is 19. The van der Waals surface area contributed by atoms with Crippen molar-refractivity contribution < 1.29 is 48.2 Å². The van der Waals surface area contributed by atoms with Crippen LogP contribution in [0.25, 0.3) is 11.2 Å². The van der Waals surface area contributed by atoms with Crippen LogP contribution in [0.5, 0.6) is 0 Å². The van der Waals surface area contributed by atoms with Crippen molar-refractivity contribution in [2.75, 3.05) is 34.9 Å². The van der Waals surface area contributed by atoms with Gasteiger partial charge in [-0.3, -0.25) is 48.1 Å². The summed E-state index contributed by atoms with van der Waals surface area (Å²) in [5, 5.41) is 26.0. The number of carboxylic acid groups (broad SMARTS) is 1. The number of anilines is 3. The van der Waals surface area contributed by atoms with E-state index in [9.17, 15) is 48.3 Å². The van der Waals surface area contributed by atoms with E-state index in [1.165, 1.54) is 58.1 Å². The molecule has 27 heteroatoms. The lowest BCUT2D eigenvalue weighted by atomic mass is 10.0. The fourth-order valence-corrected chi connectivity index (χ4v) is 8.64. The van der Waals surface area contributed by atoms with Gasteiger partial charge in [-0.25, -0.2) is 19.6 Å². The lowest BCUT2D eigenvalue weighted by Crippen LogP contribution is -2.57. The van der Waals surface area contributed by atoms with Gasteiger partial charge >= 0.3 is 12.1 Å². The van der Waals surface area contributed by atoms with Gasteiger partial charge in [-0.1, -0.05) is 32.9 Å². The van der Waals surface area contributed by atoms with E-state index in [0.717, 1.165) is 4.90 Å². The number of likely N-dealkylation sites (tertiary alicyclic amines) is 1. The zero-order valence-corrected chi connectivity index (χ0v) is 36.6. The van der Waals surface area contributed by atoms with Crippen LogP contribution in [0.4, 0.5) is 22.1 Å². The second kappa shape index (κ2) is 20.9. The van der Waals surface area contributed by atoms with Crippen molar-refractivity contribution in [1.29, 1.82) is 0 Å². The first-order chi connectivity index (χ1) is 32.2. The number of nitrogens with one attached hydrogen (secondary N) is 4. The number of ether oxygens (including phenoxy) is 1. The van der Waals surface area contributed by atoms with Crippen LogP contribution in [0.3, 0.4) is 0 Å². The highest BCUT2D eigenvalue weighted by Gasteiger charge is 2.49. The summed E-state index contributed by atoms with van der Waals surface area (Å²) in [6, 6.07) is 7.83. The molecule has 0 aliphatic carbocycles. The zero-order valence-electron chi connectivity index (χ0n) is 35.0. The van der Waals surface area contributed by atoms with Crippen LogP contribution in [0.1, 0.15) is 68.1 Å². The van der Waals surface area contributed by atoms with Crippen molar-refractivity contribution in [3.8, 4) is 0 Å². The smallest absolute Gasteiger partial charge is 0.423 e. The van der Waals surface area contributed by atoms with E-state index in [4.69, 9.17) is 16.2 Å². The number of nitrogens with two attached hydrogens (primary N) is 2. The molecule has 1 unspecified atom stereocenters. The highest BCUT2D eigenvalue weighted by molar-refractivity contribution is 8.76. The number of hydrogen-bond acceptors (Lipinski definition) is 20. The highest BCUT2D eigenvalue weighted by Crippen LogP contribution is 2.32. The summed E-state index contributed by atoms with van der Waals surface area (Å²) in [4.78, 5) is 130. The Morgan fingerprint density at radius 3 is 2.49 bits per heavy atom. The van der Waals surface area contributed by atoms with Gasteiger partial charge in [0.15, 0.2) is 11.2 Å². The molecular formula is C40H40N14O11S2. The largest absolute Gasteiger partial charge is 0.480 e. The number of hydrogen-bond donors (Lipinski definition) is 7. The van der Waals surface area contributed by atoms with Crippen LogP contribution in [0.2, 0.25) is 0 Å². The summed E-state index contributed by atoms with van der Waals surface area (Å²) in [7, 11) is 2.77. The summed E-state index contributed by atoms with van der Waals surface area (Å²) in [5.74, 6) is -5.03. The number of imide groups is 4. The van der Waals surface area contributed by atoms with Crippen LogP contribution < -0.4 is 33.0 Å². The van der Waals surface area contributed by atoms with Crippen molar-refractivity contribution in [3.63, 3.8) is 0 Å². The molecule has 5 heterocycles. The van der Waals surface area contributed by atoms with Gasteiger partial charge in [0.25, 0.3) is 29.2 Å². The van der Waals surface area contributed by atoms with Gasteiger partial charge in [0, 0.05) is 41.3 Å². The van der Waals surface area contributed by atoms with Crippen molar-refractivity contribution in [1.82, 2.24) is 55.4 Å². The topological polar surface area (TPSA) is 363 Å². The number of nitrogen functional groups attached to an aromatic ring is 2. The Morgan fingerprint density at radius 2 is 1.73 bits per heavy atom. The van der Waals surface area contributed by atoms with Crippen LogP contribution >= 0.6 is 21.6 Å². The monoisotopic (exact) mass is 956 g/mol. The minimum absolute atomic E-state index is 0.0182. The molecular weight excluding hydrogens is 917 g/mol. The minimum Gasteiger partial charge on any atom is -0.480 e. The summed E-state index contributed by atoms with van der Waals surface area (Å²) in [6.07, 6.45) is 1.06. The molecule has 1 saturated heterocycles. The van der Waals surface area contributed by atoms with Crippen molar-refractivity contribution >= 4 is 97.6 Å². The number of nitrogens with zero attached hydrogens (tertiary/aromatic N) is 8. The Labute approximate surface area is 385 Å². The quantitative estimate of drug-likeness (QED) is 0.0259. The Balaban J connectivity index is 0.764. The van der Waals surface area contributed by atoms with Crippen molar-refractivity contribution in [3.05, 3.63) is 93.3 Å². The van der Waals surface area contributed by atoms with Gasteiger partial charge in [-0.05, 0) is 49.2 Å². The number of aromatic nitrogens is 7. The number of aliphatic carboxylic acids is 1. The maximum absolute atomic E-state index is 13.2. The molecule has 348 valence electrons. The fraction of sp³-hybridized carbons (Fsp3) is 0.300. The number of fused-ring (bicyclic) bond motifs is 2. The Hall–Kier alpha value is -7.94. The summed E-state index contributed by atoms with van der Waals surface area (Å²) >= 11 is 0. The van der Waals surface area contributed by atoms with Crippen molar-refractivity contribution in [2.45, 2.75) is 57.4 Å². The third kappa shape index (κ3) is 11.1. The number of aromatic amines is 1. The summed E-state index contributed by atoms with van der Waals surface area (Å²) in [5.41, 5.74) is 12.8. The van der Waals surface area contributed by atoms with Gasteiger partial charge in [0.1, 0.15) is 24.4 Å². The first-order valence-electron chi connectivity index (χ1n) is 20.3. The molecule has 2 aromatic carbocycles. The molecule has 25 nitrogen and oxygen atoms in total. The predicted molar refractivity (Wildman–Crippen MR) is 239 cm³/mol. The normalized spacial score (nSPS) is 15.1. The number of benzene rings is 2. The van der Waals surface area contributed by atoms with Gasteiger partial charge in [0.05, 0.1) is 48.8 Å². The second-order valence-corrected chi connectivity index (χ2v) is 17.4. The number of aryl methyl sites for hydroxylation is 1. The second-order valence-electron chi connectivity index (χ2n) is 14.7. The molecule has 2 aliphatic rings. The lowest BCUT2D eigenvalue weighted by Gasteiger charge is -2.32. The average molecular weight is 957 g/mol. The number of H-pyrrole nitrogens is 1. The molecule has 7 rings (SSSR count). The van der Waals surface area contributed by atoms with E-state index < -0.39 is 65.1 Å². The lowest BCUT2D eigenvalue weighted by molar-refractivity contribution is -0.149. The van der Waals surface area contributed by atoms with E-state index in [-0.39, 0.29) is 84.9 Å². The zero-order chi connectivity index (χ0) is 47.8. The Morgan fingerprint density at radius 1 is 0.955 bits per heavy atom. The number of carbonyl (C=O) groups excluding carboxylic acids is 7. The molecule has 2 aliphatic heterocycles. The number of carbonyl (C=O) groups is 8. The number of piperidine rings is 1. The standard InChI is InChI=1S/C40H40N14O11S2/c41-25-3-1-2-24-30(25)37(61)53(35(24)59)27-9-11-29(56)54(36(27)60)40(64)65-13-15-67-66-14-12-52-19-23(50-51-52)18-44-28(55)10-8-26(38(62)63)47-33(57)20-4-6-21(7-5-20)43-16-22-17-45-32-31(46-22)34(58)49-39(42)48-32/h1-7,17,19,26-27,43H,8-16,18,41H2,(H,44,55)(H,47,57)(H,62,63)(H3,42,45,48,49,58)/t26-,27?/m0/s1. The molecule has 7 amide bonds. The third-order valence-corrected chi connectivity index (χ3v) is 12.5. The molecule has 1 fully saturated rings. The summed E-state index contributed by atoms with van der Waals surface area (Å²) in [6.45, 7) is 0.493. The van der Waals surface area contributed by atoms with Gasteiger partial charge in [-0.15, -0.1) is 5.10 Å². The molecule has 0 saturated carbocycles. The average Bonchev–Trinajstić information content (AvgIpc) is 3.86. The maximum atomic E-state index is 13.2. The van der Waals surface area contributed by atoms with Crippen LogP contribution in [-0.2, 0) is 43.5 Å². The van der Waals surface area contributed by atoms with E-state index in [0.29, 0.717) is 40.0 Å². The number of amides is 7. The van der Waals surface area contributed by atoms with Crippen LogP contribution in [-0.4, -0.2) is 128 Å². The van der Waals surface area contributed by atoms with E-state index in [1.54, 1.807) is 23.0 Å². The highest BCUT2D eigenvalue weighted by atomic mass is 33.1. The molecule has 67 heavy (non-hydrogen) atoms. The van der Waals surface area contributed by atoms with Crippen LogP contribution in [0, 0.1) is 0 Å². The van der Waals surface area contributed by atoms with Gasteiger partial charge in [0.2, 0.25) is 17.8 Å².